The largest absolute Gasteiger partial charge is 0.384 e. The summed E-state index contributed by atoms with van der Waals surface area (Å²) in [5.74, 6) is 1.52. The number of nitrogens with one attached hydrogen (secondary N) is 1. The van der Waals surface area contributed by atoms with Crippen molar-refractivity contribution in [1.82, 2.24) is 15.1 Å². The molecule has 1 aliphatic heterocycles. The second-order valence-corrected chi connectivity index (χ2v) is 3.63. The maximum absolute atomic E-state index is 5.74. The van der Waals surface area contributed by atoms with Crippen LogP contribution >= 0.6 is 0 Å². The molecule has 1 aliphatic rings. The minimum atomic E-state index is 0.739. The van der Waals surface area contributed by atoms with Crippen molar-refractivity contribution in [2.24, 2.45) is 5.92 Å². The van der Waals surface area contributed by atoms with Gasteiger partial charge >= 0.3 is 0 Å². The standard InChI is InChI=1S/C9H16N4/c10-9-3-6-12-13(9)7-8-1-4-11-5-2-8/h3,6,8,11H,1-2,4-5,7,10H2. The van der Waals surface area contributed by atoms with E-state index in [4.69, 9.17) is 5.73 Å². The van der Waals surface area contributed by atoms with E-state index < -0.39 is 0 Å². The van der Waals surface area contributed by atoms with E-state index in [9.17, 15) is 0 Å². The van der Waals surface area contributed by atoms with E-state index >= 15 is 0 Å². The van der Waals surface area contributed by atoms with Crippen LogP contribution in [-0.2, 0) is 6.54 Å². The van der Waals surface area contributed by atoms with Crippen LogP contribution in [0.4, 0.5) is 5.82 Å². The van der Waals surface area contributed by atoms with Crippen LogP contribution in [0, 0.1) is 5.92 Å². The number of nitrogens with zero attached hydrogens (tertiary/aromatic N) is 2. The summed E-state index contributed by atoms with van der Waals surface area (Å²) in [5.41, 5.74) is 5.74. The molecule has 4 nitrogen and oxygen atoms in total. The lowest BCUT2D eigenvalue weighted by Gasteiger charge is -2.22. The molecule has 13 heavy (non-hydrogen) atoms. The summed E-state index contributed by atoms with van der Waals surface area (Å²) in [6, 6.07) is 1.85. The van der Waals surface area contributed by atoms with Gasteiger partial charge in [0.25, 0.3) is 0 Å². The summed E-state index contributed by atoms with van der Waals surface area (Å²) in [7, 11) is 0. The van der Waals surface area contributed by atoms with E-state index in [-0.39, 0.29) is 0 Å². The minimum Gasteiger partial charge on any atom is -0.384 e. The first kappa shape index (κ1) is 8.56. The highest BCUT2D eigenvalue weighted by Gasteiger charge is 2.14. The van der Waals surface area contributed by atoms with Crippen LogP contribution in [-0.4, -0.2) is 22.9 Å². The third-order valence-corrected chi connectivity index (χ3v) is 2.64. The molecule has 0 unspecified atom stereocenters. The van der Waals surface area contributed by atoms with Gasteiger partial charge < -0.3 is 11.1 Å². The Hall–Kier alpha value is -1.03. The number of rotatable bonds is 2. The second-order valence-electron chi connectivity index (χ2n) is 3.63. The van der Waals surface area contributed by atoms with Gasteiger partial charge in [0.2, 0.25) is 0 Å². The Bertz CT molecular complexity index is 262. The highest BCUT2D eigenvalue weighted by Crippen LogP contribution is 2.15. The Morgan fingerprint density at radius 2 is 2.31 bits per heavy atom. The molecular formula is C9H16N4. The Morgan fingerprint density at radius 1 is 1.54 bits per heavy atom. The van der Waals surface area contributed by atoms with Crippen LogP contribution in [0.15, 0.2) is 12.3 Å². The van der Waals surface area contributed by atoms with Crippen molar-refractivity contribution in [3.8, 4) is 0 Å². The molecule has 0 spiro atoms. The quantitative estimate of drug-likeness (QED) is 0.695. The summed E-state index contributed by atoms with van der Waals surface area (Å²) in [5, 5.41) is 7.53. The van der Waals surface area contributed by atoms with Crippen molar-refractivity contribution < 1.29 is 0 Å². The van der Waals surface area contributed by atoms with Gasteiger partial charge in [0, 0.05) is 6.54 Å². The molecule has 0 radical (unpaired) electrons. The highest BCUT2D eigenvalue weighted by atomic mass is 15.3. The molecule has 0 atom stereocenters. The van der Waals surface area contributed by atoms with Crippen LogP contribution in [0.5, 0.6) is 0 Å². The van der Waals surface area contributed by atoms with Crippen LogP contribution in [0.2, 0.25) is 0 Å². The molecule has 1 fully saturated rings. The number of hydrogen-bond donors (Lipinski definition) is 2. The Kier molecular flexibility index (Phi) is 2.49. The maximum atomic E-state index is 5.74. The predicted octanol–water partition coefficient (Wildman–Crippen LogP) is 0.465. The number of nitrogens with two attached hydrogens (primary N) is 1. The zero-order valence-corrected chi connectivity index (χ0v) is 7.74. The molecule has 1 saturated heterocycles. The summed E-state index contributed by atoms with van der Waals surface area (Å²) >= 11 is 0. The third kappa shape index (κ3) is 2.01. The van der Waals surface area contributed by atoms with Gasteiger partial charge in [-0.15, -0.1) is 0 Å². The van der Waals surface area contributed by atoms with Crippen molar-refractivity contribution in [2.45, 2.75) is 19.4 Å². The Balaban J connectivity index is 1.93. The lowest BCUT2D eigenvalue weighted by Crippen LogP contribution is -2.30. The van der Waals surface area contributed by atoms with Gasteiger partial charge in [0.15, 0.2) is 0 Å². The van der Waals surface area contributed by atoms with Gasteiger partial charge in [-0.2, -0.15) is 5.10 Å². The van der Waals surface area contributed by atoms with Crippen LogP contribution < -0.4 is 11.1 Å². The highest BCUT2D eigenvalue weighted by molar-refractivity contribution is 5.25. The Labute approximate surface area is 78.1 Å². The predicted molar refractivity (Wildman–Crippen MR) is 52.2 cm³/mol. The molecule has 1 aromatic heterocycles. The molecule has 2 heterocycles. The van der Waals surface area contributed by atoms with Crippen LogP contribution in [0.3, 0.4) is 0 Å². The molecule has 2 rings (SSSR count). The van der Waals surface area contributed by atoms with Gasteiger partial charge in [0.1, 0.15) is 5.82 Å². The number of anilines is 1. The van der Waals surface area contributed by atoms with E-state index in [1.54, 1.807) is 6.20 Å². The summed E-state index contributed by atoms with van der Waals surface area (Å²) in [4.78, 5) is 0. The van der Waals surface area contributed by atoms with Gasteiger partial charge in [-0.05, 0) is 37.9 Å². The monoisotopic (exact) mass is 180 g/mol. The molecule has 0 amide bonds. The van der Waals surface area contributed by atoms with Crippen LogP contribution in [0.25, 0.3) is 0 Å². The van der Waals surface area contributed by atoms with Gasteiger partial charge in [-0.1, -0.05) is 0 Å². The average molecular weight is 180 g/mol. The van der Waals surface area contributed by atoms with Crippen molar-refractivity contribution in [3.05, 3.63) is 12.3 Å². The summed E-state index contributed by atoms with van der Waals surface area (Å²) in [6.45, 7) is 3.23. The fourth-order valence-corrected chi connectivity index (χ4v) is 1.80. The smallest absolute Gasteiger partial charge is 0.121 e. The summed E-state index contributed by atoms with van der Waals surface area (Å²) in [6.07, 6.45) is 4.23. The molecule has 0 aliphatic carbocycles. The SMILES string of the molecule is Nc1ccnn1CC1CCNCC1. The van der Waals surface area contributed by atoms with Crippen LogP contribution in [0.1, 0.15) is 12.8 Å². The Morgan fingerprint density at radius 3 is 2.92 bits per heavy atom. The fourth-order valence-electron chi connectivity index (χ4n) is 1.80. The van der Waals surface area contributed by atoms with Gasteiger partial charge in [-0.25, -0.2) is 4.68 Å². The molecule has 4 heteroatoms. The van der Waals surface area contributed by atoms with Crippen molar-refractivity contribution in [3.63, 3.8) is 0 Å². The molecule has 0 saturated carbocycles. The molecule has 1 aromatic rings. The number of nitrogen functional groups attached to an aromatic ring is 1. The van der Waals surface area contributed by atoms with E-state index in [0.717, 1.165) is 31.4 Å². The normalized spacial score (nSPS) is 19.1. The first-order valence-electron chi connectivity index (χ1n) is 4.84. The fraction of sp³-hybridized carbons (Fsp3) is 0.667. The lowest BCUT2D eigenvalue weighted by molar-refractivity contribution is 0.323. The van der Waals surface area contributed by atoms with Crippen molar-refractivity contribution in [1.29, 1.82) is 0 Å². The zero-order chi connectivity index (χ0) is 9.10. The van der Waals surface area contributed by atoms with Gasteiger partial charge in [-0.3, -0.25) is 0 Å². The van der Waals surface area contributed by atoms with E-state index in [1.807, 2.05) is 10.7 Å². The first-order chi connectivity index (χ1) is 6.36. The molecule has 3 N–H and O–H groups in total. The minimum absolute atomic E-state index is 0.739. The van der Waals surface area contributed by atoms with E-state index in [1.165, 1.54) is 12.8 Å². The number of hydrogen-bond acceptors (Lipinski definition) is 3. The molecule has 72 valence electrons. The number of piperidine rings is 1. The van der Waals surface area contributed by atoms with Crippen molar-refractivity contribution >= 4 is 5.82 Å². The maximum Gasteiger partial charge on any atom is 0.121 e. The van der Waals surface area contributed by atoms with E-state index in [0.29, 0.717) is 0 Å². The number of aromatic nitrogens is 2. The average Bonchev–Trinajstić information content (AvgIpc) is 2.54. The first-order valence-corrected chi connectivity index (χ1v) is 4.84. The van der Waals surface area contributed by atoms with E-state index in [2.05, 4.69) is 10.4 Å². The molecule has 0 aromatic carbocycles. The third-order valence-electron chi connectivity index (χ3n) is 2.64. The lowest BCUT2D eigenvalue weighted by atomic mass is 9.98. The zero-order valence-electron chi connectivity index (χ0n) is 7.74. The van der Waals surface area contributed by atoms with Crippen molar-refractivity contribution in [2.75, 3.05) is 18.8 Å². The molecule has 0 bridgehead atoms. The molecular weight excluding hydrogens is 164 g/mol. The topological polar surface area (TPSA) is 55.9 Å². The van der Waals surface area contributed by atoms with Gasteiger partial charge in [0.05, 0.1) is 6.20 Å². The second kappa shape index (κ2) is 3.79. The summed E-state index contributed by atoms with van der Waals surface area (Å²) < 4.78 is 1.90.